The minimum atomic E-state index is -0.0474. The van der Waals surface area contributed by atoms with Gasteiger partial charge >= 0.3 is 0 Å². The van der Waals surface area contributed by atoms with Crippen molar-refractivity contribution in [3.8, 4) is 11.3 Å². The van der Waals surface area contributed by atoms with Gasteiger partial charge in [0.25, 0.3) is 5.91 Å². The lowest BCUT2D eigenvalue weighted by Crippen LogP contribution is -2.30. The minimum Gasteiger partial charge on any atom is -0.335 e. The summed E-state index contributed by atoms with van der Waals surface area (Å²) in [6.45, 7) is 2.03. The number of nitrogens with zero attached hydrogens (tertiary/aromatic N) is 3. The smallest absolute Gasteiger partial charge is 0.254 e. The van der Waals surface area contributed by atoms with E-state index in [1.54, 1.807) is 11.1 Å². The van der Waals surface area contributed by atoms with E-state index in [1.165, 1.54) is 0 Å². The lowest BCUT2D eigenvalue weighted by molar-refractivity contribution is 0.0744. The maximum Gasteiger partial charge on any atom is 0.254 e. The molecule has 0 saturated carbocycles. The Hall–Kier alpha value is -3.53. The Labute approximate surface area is 164 Å². The van der Waals surface area contributed by atoms with Crippen LogP contribution in [0.1, 0.15) is 28.9 Å². The second-order valence-corrected chi connectivity index (χ2v) is 6.80. The van der Waals surface area contributed by atoms with E-state index in [9.17, 15) is 4.79 Å². The van der Waals surface area contributed by atoms with Gasteiger partial charge in [-0.2, -0.15) is 0 Å². The Balaban J connectivity index is 1.79. The highest BCUT2D eigenvalue weighted by molar-refractivity contribution is 6.06. The molecular formula is C24H21N3O. The highest BCUT2D eigenvalue weighted by Crippen LogP contribution is 2.27. The molecule has 1 amide bonds. The normalized spacial score (nSPS) is 11.9. The van der Waals surface area contributed by atoms with Crippen molar-refractivity contribution in [2.75, 3.05) is 7.05 Å². The summed E-state index contributed by atoms with van der Waals surface area (Å²) in [6.07, 6.45) is 1.70. The van der Waals surface area contributed by atoms with Crippen molar-refractivity contribution in [3.05, 3.63) is 96.2 Å². The molecule has 0 fully saturated rings. The van der Waals surface area contributed by atoms with E-state index in [2.05, 4.69) is 9.97 Å². The summed E-state index contributed by atoms with van der Waals surface area (Å²) < 4.78 is 0. The van der Waals surface area contributed by atoms with Crippen molar-refractivity contribution in [2.45, 2.75) is 13.0 Å². The van der Waals surface area contributed by atoms with Gasteiger partial charge in [0.05, 0.1) is 17.3 Å². The first-order valence-corrected chi connectivity index (χ1v) is 9.28. The number of amides is 1. The molecule has 4 heteroatoms. The van der Waals surface area contributed by atoms with E-state index < -0.39 is 0 Å². The molecule has 138 valence electrons. The van der Waals surface area contributed by atoms with E-state index in [4.69, 9.17) is 0 Å². The van der Waals surface area contributed by atoms with Crippen LogP contribution in [-0.2, 0) is 0 Å². The lowest BCUT2D eigenvalue weighted by Gasteiger charge is -2.26. The third-order valence-corrected chi connectivity index (χ3v) is 5.07. The second kappa shape index (κ2) is 7.61. The van der Waals surface area contributed by atoms with Gasteiger partial charge in [-0.05, 0) is 30.7 Å². The highest BCUT2D eigenvalue weighted by Gasteiger charge is 2.22. The van der Waals surface area contributed by atoms with Crippen LogP contribution in [-0.4, -0.2) is 27.8 Å². The molecule has 2 aromatic carbocycles. The first kappa shape index (κ1) is 17.9. The van der Waals surface area contributed by atoms with Crippen LogP contribution in [0, 0.1) is 0 Å². The largest absolute Gasteiger partial charge is 0.335 e. The number of aromatic nitrogens is 2. The van der Waals surface area contributed by atoms with Crippen LogP contribution >= 0.6 is 0 Å². The van der Waals surface area contributed by atoms with E-state index in [-0.39, 0.29) is 11.9 Å². The van der Waals surface area contributed by atoms with Gasteiger partial charge in [0.1, 0.15) is 0 Å². The third-order valence-electron chi connectivity index (χ3n) is 5.07. The predicted molar refractivity (Wildman–Crippen MR) is 112 cm³/mol. The van der Waals surface area contributed by atoms with Gasteiger partial charge in [0, 0.05) is 24.2 Å². The molecule has 0 aliphatic heterocycles. The van der Waals surface area contributed by atoms with Crippen molar-refractivity contribution >= 4 is 16.9 Å². The topological polar surface area (TPSA) is 46.1 Å². The summed E-state index contributed by atoms with van der Waals surface area (Å²) in [4.78, 5) is 24.3. The quantitative estimate of drug-likeness (QED) is 0.502. The van der Waals surface area contributed by atoms with Gasteiger partial charge in [-0.15, -0.1) is 0 Å². The van der Waals surface area contributed by atoms with Crippen LogP contribution in [0.4, 0.5) is 0 Å². The number of fused-ring (bicyclic) bond motifs is 1. The minimum absolute atomic E-state index is 0.0473. The van der Waals surface area contributed by atoms with Crippen LogP contribution in [0.5, 0.6) is 0 Å². The highest BCUT2D eigenvalue weighted by atomic mass is 16.2. The molecule has 2 heterocycles. The number of pyridine rings is 2. The zero-order chi connectivity index (χ0) is 19.5. The predicted octanol–water partition coefficient (Wildman–Crippen LogP) is 5.13. The second-order valence-electron chi connectivity index (χ2n) is 6.80. The number of hydrogen-bond acceptors (Lipinski definition) is 3. The van der Waals surface area contributed by atoms with Crippen molar-refractivity contribution in [3.63, 3.8) is 0 Å². The van der Waals surface area contributed by atoms with Gasteiger partial charge in [0.15, 0.2) is 5.65 Å². The molecule has 0 spiro atoms. The molecule has 2 aromatic heterocycles. The molecule has 1 unspecified atom stereocenters. The summed E-state index contributed by atoms with van der Waals surface area (Å²) >= 11 is 0. The Morgan fingerprint density at radius 3 is 2.32 bits per heavy atom. The van der Waals surface area contributed by atoms with E-state index in [0.717, 1.165) is 22.2 Å². The van der Waals surface area contributed by atoms with Crippen LogP contribution < -0.4 is 0 Å². The number of rotatable bonds is 4. The molecular weight excluding hydrogens is 346 g/mol. The molecule has 0 radical (unpaired) electrons. The Morgan fingerprint density at radius 2 is 1.61 bits per heavy atom. The van der Waals surface area contributed by atoms with Crippen LogP contribution in [0.15, 0.2) is 85.1 Å². The van der Waals surface area contributed by atoms with E-state index >= 15 is 0 Å². The zero-order valence-electron chi connectivity index (χ0n) is 15.9. The molecule has 4 aromatic rings. The van der Waals surface area contributed by atoms with Crippen molar-refractivity contribution in [2.24, 2.45) is 0 Å². The van der Waals surface area contributed by atoms with Gasteiger partial charge in [0.2, 0.25) is 0 Å². The fraction of sp³-hybridized carbons (Fsp3) is 0.125. The Bertz CT molecular complexity index is 1110. The molecule has 0 N–H and O–H groups in total. The number of benzene rings is 2. The van der Waals surface area contributed by atoms with E-state index in [1.807, 2.05) is 92.8 Å². The molecule has 4 rings (SSSR count). The van der Waals surface area contributed by atoms with Gasteiger partial charge in [-0.1, -0.05) is 60.7 Å². The van der Waals surface area contributed by atoms with Crippen molar-refractivity contribution in [1.29, 1.82) is 0 Å². The lowest BCUT2D eigenvalue weighted by atomic mass is 10.0. The number of hydrogen-bond donors (Lipinski definition) is 0. The first-order chi connectivity index (χ1) is 13.6. The average molecular weight is 367 g/mol. The number of carbonyl (C=O) groups is 1. The van der Waals surface area contributed by atoms with Gasteiger partial charge in [-0.25, -0.2) is 9.97 Å². The standard InChI is InChI=1S/C24H21N3O/c1-17(18-10-5-3-6-11-18)27(2)24(28)21-16-22(19-12-7-4-8-13-19)26-23-20(21)14-9-15-25-23/h3-17H,1-2H3. The van der Waals surface area contributed by atoms with Crippen LogP contribution in [0.2, 0.25) is 0 Å². The maximum absolute atomic E-state index is 13.4. The van der Waals surface area contributed by atoms with Crippen molar-refractivity contribution < 1.29 is 4.79 Å². The first-order valence-electron chi connectivity index (χ1n) is 9.28. The molecule has 0 saturated heterocycles. The fourth-order valence-corrected chi connectivity index (χ4v) is 3.31. The Morgan fingerprint density at radius 1 is 0.929 bits per heavy atom. The summed E-state index contributed by atoms with van der Waals surface area (Å²) in [5.74, 6) is -0.0473. The van der Waals surface area contributed by atoms with Gasteiger partial charge < -0.3 is 4.90 Å². The SMILES string of the molecule is CC(c1ccccc1)N(C)C(=O)c1cc(-c2ccccc2)nc2ncccc12. The molecule has 4 nitrogen and oxygen atoms in total. The van der Waals surface area contributed by atoms with Crippen LogP contribution in [0.3, 0.4) is 0 Å². The molecule has 28 heavy (non-hydrogen) atoms. The van der Waals surface area contributed by atoms with Gasteiger partial charge in [-0.3, -0.25) is 4.79 Å². The zero-order valence-corrected chi connectivity index (χ0v) is 15.9. The summed E-state index contributed by atoms with van der Waals surface area (Å²) in [5.41, 5.74) is 3.99. The third kappa shape index (κ3) is 3.37. The summed E-state index contributed by atoms with van der Waals surface area (Å²) in [5, 5.41) is 0.763. The molecule has 0 bridgehead atoms. The average Bonchev–Trinajstić information content (AvgIpc) is 2.78. The summed E-state index contributed by atoms with van der Waals surface area (Å²) in [6, 6.07) is 25.5. The maximum atomic E-state index is 13.4. The fourth-order valence-electron chi connectivity index (χ4n) is 3.31. The molecule has 0 aliphatic rings. The molecule has 0 aliphatic carbocycles. The number of carbonyl (C=O) groups excluding carboxylic acids is 1. The summed E-state index contributed by atoms with van der Waals surface area (Å²) in [7, 11) is 1.84. The monoisotopic (exact) mass is 367 g/mol. The van der Waals surface area contributed by atoms with E-state index in [0.29, 0.717) is 11.2 Å². The van der Waals surface area contributed by atoms with Crippen LogP contribution in [0.25, 0.3) is 22.3 Å². The Kier molecular flexibility index (Phi) is 4.85. The van der Waals surface area contributed by atoms with Crippen molar-refractivity contribution in [1.82, 2.24) is 14.9 Å². The molecule has 1 atom stereocenters.